The van der Waals surface area contributed by atoms with Crippen LogP contribution in [0, 0.1) is 82.9 Å². The molecule has 7 aliphatic rings. The van der Waals surface area contributed by atoms with Gasteiger partial charge in [-0.05, 0) is 128 Å². The molecule has 6 bridgehead atoms. The van der Waals surface area contributed by atoms with Crippen molar-refractivity contribution in [2.45, 2.75) is 79.1 Å². The van der Waals surface area contributed by atoms with Gasteiger partial charge in [-0.15, -0.1) is 0 Å². The van der Waals surface area contributed by atoms with Crippen LogP contribution >= 0.6 is 0 Å². The fourth-order valence-corrected chi connectivity index (χ4v) is 11.0. The standard InChI is InChI=1S/C14H22.C12H20/c1-7-3-9-5-11(7)13-10-4-8(2)12(6-10)14(9)13;1-7-8(2)12-6-11(7)9-4-3-5-10(9)12/h7-14H,3-6H2,1-2H3;7-12H,3-6H2,1-2H3. The largest absolute Gasteiger partial charge is 0.0622 e. The van der Waals surface area contributed by atoms with Crippen molar-refractivity contribution in [3.05, 3.63) is 0 Å². The lowest BCUT2D eigenvalue weighted by molar-refractivity contribution is 0.0853. The van der Waals surface area contributed by atoms with Crippen molar-refractivity contribution in [1.82, 2.24) is 0 Å². The van der Waals surface area contributed by atoms with E-state index in [2.05, 4.69) is 27.7 Å². The molecule has 0 aromatic rings. The molecule has 7 fully saturated rings. The Kier molecular flexibility index (Phi) is 3.75. The van der Waals surface area contributed by atoms with Crippen LogP contribution in [-0.4, -0.2) is 0 Å². The van der Waals surface area contributed by atoms with E-state index in [1.165, 1.54) is 23.7 Å². The fraction of sp³-hybridized carbons (Fsp3) is 1.00. The van der Waals surface area contributed by atoms with Crippen LogP contribution < -0.4 is 0 Å². The second-order valence-corrected chi connectivity index (χ2v) is 12.4. The van der Waals surface area contributed by atoms with Gasteiger partial charge in [-0.25, -0.2) is 0 Å². The van der Waals surface area contributed by atoms with Gasteiger partial charge in [-0.2, -0.15) is 0 Å². The van der Waals surface area contributed by atoms with Crippen LogP contribution in [0.15, 0.2) is 0 Å². The summed E-state index contributed by atoms with van der Waals surface area (Å²) in [7, 11) is 0. The molecule has 7 rings (SSSR count). The molecule has 7 aliphatic carbocycles. The van der Waals surface area contributed by atoms with Gasteiger partial charge in [-0.3, -0.25) is 0 Å². The molecule has 7 saturated carbocycles. The Morgan fingerprint density at radius 3 is 1.38 bits per heavy atom. The zero-order valence-corrected chi connectivity index (χ0v) is 17.7. The molecular formula is C26H42. The van der Waals surface area contributed by atoms with Crippen LogP contribution in [0.4, 0.5) is 0 Å². The van der Waals surface area contributed by atoms with E-state index in [4.69, 9.17) is 0 Å². The molecule has 14 unspecified atom stereocenters. The van der Waals surface area contributed by atoms with Gasteiger partial charge in [0.05, 0.1) is 0 Å². The van der Waals surface area contributed by atoms with Crippen molar-refractivity contribution in [3.8, 4) is 0 Å². The predicted octanol–water partition coefficient (Wildman–Crippen LogP) is 6.90. The van der Waals surface area contributed by atoms with Gasteiger partial charge < -0.3 is 0 Å². The van der Waals surface area contributed by atoms with Gasteiger partial charge in [0.1, 0.15) is 0 Å². The highest BCUT2D eigenvalue weighted by atomic mass is 14.7. The van der Waals surface area contributed by atoms with Gasteiger partial charge in [0.15, 0.2) is 0 Å². The van der Waals surface area contributed by atoms with E-state index in [1.807, 2.05) is 0 Å². The van der Waals surface area contributed by atoms with Crippen molar-refractivity contribution < 1.29 is 0 Å². The van der Waals surface area contributed by atoms with Crippen LogP contribution in [0.2, 0.25) is 0 Å². The first kappa shape index (κ1) is 16.9. The van der Waals surface area contributed by atoms with Gasteiger partial charge >= 0.3 is 0 Å². The van der Waals surface area contributed by atoms with Gasteiger partial charge in [0, 0.05) is 0 Å². The van der Waals surface area contributed by atoms with E-state index >= 15 is 0 Å². The Labute approximate surface area is 162 Å². The summed E-state index contributed by atoms with van der Waals surface area (Å²) in [5.41, 5.74) is 0. The molecule has 0 nitrogen and oxygen atoms in total. The van der Waals surface area contributed by atoms with E-state index in [-0.39, 0.29) is 0 Å². The zero-order valence-electron chi connectivity index (χ0n) is 17.7. The molecule has 0 radical (unpaired) electrons. The van der Waals surface area contributed by atoms with Crippen molar-refractivity contribution in [3.63, 3.8) is 0 Å². The normalized spacial score (nSPS) is 66.0. The predicted molar refractivity (Wildman–Crippen MR) is 108 cm³/mol. The zero-order chi connectivity index (χ0) is 17.7. The van der Waals surface area contributed by atoms with Crippen LogP contribution in [0.3, 0.4) is 0 Å². The Hall–Kier alpha value is 0. The van der Waals surface area contributed by atoms with Crippen LogP contribution in [0.1, 0.15) is 79.1 Å². The minimum Gasteiger partial charge on any atom is -0.0622 e. The molecule has 0 aromatic carbocycles. The van der Waals surface area contributed by atoms with Crippen LogP contribution in [0.25, 0.3) is 0 Å². The summed E-state index contributed by atoms with van der Waals surface area (Å²) >= 11 is 0. The van der Waals surface area contributed by atoms with E-state index in [0.717, 1.165) is 59.2 Å². The number of hydrogen-bond acceptors (Lipinski definition) is 0. The summed E-state index contributed by atoms with van der Waals surface area (Å²) in [6, 6.07) is 0. The molecule has 26 heavy (non-hydrogen) atoms. The Bertz CT molecular complexity index is 516. The highest BCUT2D eigenvalue weighted by Crippen LogP contribution is 2.70. The summed E-state index contributed by atoms with van der Waals surface area (Å²) in [5.74, 6) is 15.9. The lowest BCUT2D eigenvalue weighted by Crippen LogP contribution is -2.34. The van der Waals surface area contributed by atoms with E-state index in [9.17, 15) is 0 Å². The molecule has 0 aliphatic heterocycles. The smallest absolute Gasteiger partial charge is 0.0321 e. The Morgan fingerprint density at radius 2 is 0.923 bits per heavy atom. The summed E-state index contributed by atoms with van der Waals surface area (Å²) < 4.78 is 0. The number of rotatable bonds is 0. The molecule has 0 amide bonds. The third-order valence-corrected chi connectivity index (χ3v) is 11.9. The molecule has 0 heteroatoms. The third-order valence-electron chi connectivity index (χ3n) is 11.9. The van der Waals surface area contributed by atoms with E-state index < -0.39 is 0 Å². The highest BCUT2D eigenvalue weighted by molar-refractivity contribution is 5.11. The first-order valence-electron chi connectivity index (χ1n) is 12.5. The first-order valence-corrected chi connectivity index (χ1v) is 12.5. The van der Waals surface area contributed by atoms with Gasteiger partial charge in [0.25, 0.3) is 0 Å². The van der Waals surface area contributed by atoms with Crippen molar-refractivity contribution in [2.24, 2.45) is 82.9 Å². The summed E-state index contributed by atoms with van der Waals surface area (Å²) in [6.45, 7) is 10.1. The SMILES string of the molecule is CC1C(C)C2CC1C1CCCC21.CC1CC2CC1C1C3CC(C)C(C3)C21. The average Bonchev–Trinajstić information content (AvgIpc) is 3.37. The van der Waals surface area contributed by atoms with Crippen LogP contribution in [-0.2, 0) is 0 Å². The minimum absolute atomic E-state index is 1.05. The number of hydrogen-bond donors (Lipinski definition) is 0. The summed E-state index contributed by atoms with van der Waals surface area (Å²) in [6.07, 6.45) is 12.7. The Balaban J connectivity index is 0.000000107. The molecule has 146 valence electrons. The van der Waals surface area contributed by atoms with E-state index in [0.29, 0.717) is 0 Å². The van der Waals surface area contributed by atoms with Crippen molar-refractivity contribution in [2.75, 3.05) is 0 Å². The first-order chi connectivity index (χ1) is 12.5. The van der Waals surface area contributed by atoms with E-state index in [1.54, 1.807) is 51.4 Å². The quantitative estimate of drug-likeness (QED) is 0.415. The minimum atomic E-state index is 1.05. The monoisotopic (exact) mass is 354 g/mol. The fourth-order valence-electron chi connectivity index (χ4n) is 11.0. The summed E-state index contributed by atoms with van der Waals surface area (Å²) in [5, 5.41) is 0. The second-order valence-electron chi connectivity index (χ2n) is 12.4. The number of fused-ring (bicyclic) bond motifs is 14. The maximum Gasteiger partial charge on any atom is -0.0321 e. The third kappa shape index (κ3) is 2.09. The van der Waals surface area contributed by atoms with Crippen LogP contribution in [0.5, 0.6) is 0 Å². The van der Waals surface area contributed by atoms with Gasteiger partial charge in [0.2, 0.25) is 0 Å². The van der Waals surface area contributed by atoms with Gasteiger partial charge in [-0.1, -0.05) is 34.1 Å². The Morgan fingerprint density at radius 1 is 0.462 bits per heavy atom. The molecular weight excluding hydrogens is 312 g/mol. The maximum absolute atomic E-state index is 2.52. The molecule has 0 aromatic heterocycles. The lowest BCUT2D eigenvalue weighted by atomic mass is 9.65. The second kappa shape index (κ2) is 5.76. The molecule has 14 atom stereocenters. The average molecular weight is 355 g/mol. The molecule has 0 spiro atoms. The molecule has 0 N–H and O–H groups in total. The topological polar surface area (TPSA) is 0 Å². The lowest BCUT2D eigenvalue weighted by Gasteiger charge is -2.39. The molecule has 0 saturated heterocycles. The highest BCUT2D eigenvalue weighted by Gasteiger charge is 2.63. The molecule has 0 heterocycles. The van der Waals surface area contributed by atoms with Crippen molar-refractivity contribution in [1.29, 1.82) is 0 Å². The summed E-state index contributed by atoms with van der Waals surface area (Å²) in [4.78, 5) is 0. The van der Waals surface area contributed by atoms with Crippen molar-refractivity contribution >= 4 is 0 Å². The maximum atomic E-state index is 2.52.